The highest BCUT2D eigenvalue weighted by Crippen LogP contribution is 2.38. The number of methoxy groups -OCH3 is 1. The maximum absolute atomic E-state index is 10.3. The van der Waals surface area contributed by atoms with Gasteiger partial charge in [0.05, 0.1) is 36.0 Å². The summed E-state index contributed by atoms with van der Waals surface area (Å²) >= 11 is 0. The van der Waals surface area contributed by atoms with Crippen LogP contribution in [-0.2, 0) is 13.0 Å². The van der Waals surface area contributed by atoms with Crippen LogP contribution in [0.1, 0.15) is 12.1 Å². The molecule has 1 atom stereocenters. The molecule has 0 amide bonds. The van der Waals surface area contributed by atoms with Gasteiger partial charge in [0.15, 0.2) is 0 Å². The molecule has 188 valence electrons. The van der Waals surface area contributed by atoms with Crippen molar-refractivity contribution in [3.63, 3.8) is 0 Å². The number of aliphatic hydroxyl groups excluding tert-OH is 1. The lowest BCUT2D eigenvalue weighted by Gasteiger charge is -2.22. The van der Waals surface area contributed by atoms with Crippen LogP contribution in [-0.4, -0.2) is 64.9 Å². The van der Waals surface area contributed by atoms with Crippen LogP contribution in [0.25, 0.3) is 22.2 Å². The van der Waals surface area contributed by atoms with Gasteiger partial charge in [-0.1, -0.05) is 18.2 Å². The summed E-state index contributed by atoms with van der Waals surface area (Å²) in [5.41, 5.74) is 12.7. The Morgan fingerprint density at radius 3 is 2.83 bits per heavy atom. The number of nitrogen functional groups attached to an aromatic ring is 1. The predicted molar refractivity (Wildman–Crippen MR) is 145 cm³/mol. The Morgan fingerprint density at radius 2 is 2.03 bits per heavy atom. The van der Waals surface area contributed by atoms with Crippen LogP contribution in [0.3, 0.4) is 0 Å². The lowest BCUT2D eigenvalue weighted by Crippen LogP contribution is -2.24. The molecule has 0 saturated heterocycles. The monoisotopic (exact) mass is 487 g/mol. The number of rotatable bonds is 8. The largest absolute Gasteiger partial charge is 0.494 e. The van der Waals surface area contributed by atoms with Crippen molar-refractivity contribution in [2.45, 2.75) is 25.5 Å². The van der Waals surface area contributed by atoms with E-state index in [1.165, 1.54) is 5.69 Å². The molecule has 1 unspecified atom stereocenters. The molecule has 0 spiro atoms. The summed E-state index contributed by atoms with van der Waals surface area (Å²) in [6, 6.07) is 13.9. The van der Waals surface area contributed by atoms with Gasteiger partial charge in [0.25, 0.3) is 0 Å². The molecule has 5 rings (SSSR count). The van der Waals surface area contributed by atoms with Crippen LogP contribution in [0.2, 0.25) is 0 Å². The molecule has 9 heteroatoms. The highest BCUT2D eigenvalue weighted by Gasteiger charge is 2.25. The first kappa shape index (κ1) is 23.9. The van der Waals surface area contributed by atoms with Crippen LogP contribution < -0.4 is 21.1 Å². The Hall–Kier alpha value is -3.82. The van der Waals surface area contributed by atoms with Gasteiger partial charge in [-0.05, 0) is 45.1 Å². The van der Waals surface area contributed by atoms with Crippen LogP contribution in [0.15, 0.2) is 48.7 Å². The maximum Gasteiger partial charge on any atom is 0.227 e. The molecule has 0 fully saturated rings. The van der Waals surface area contributed by atoms with Crippen LogP contribution in [0, 0.1) is 0 Å². The van der Waals surface area contributed by atoms with E-state index in [0.29, 0.717) is 29.6 Å². The fourth-order valence-corrected chi connectivity index (χ4v) is 4.82. The molecule has 9 nitrogen and oxygen atoms in total. The van der Waals surface area contributed by atoms with Gasteiger partial charge >= 0.3 is 0 Å². The zero-order valence-electron chi connectivity index (χ0n) is 21.0. The van der Waals surface area contributed by atoms with Crippen molar-refractivity contribution in [3.8, 4) is 17.0 Å². The Kier molecular flexibility index (Phi) is 6.67. The number of hydrogen-bond donors (Lipinski definition) is 4. The average Bonchev–Trinajstić information content (AvgIpc) is 3.19. The highest BCUT2D eigenvalue weighted by atomic mass is 16.5. The van der Waals surface area contributed by atoms with E-state index in [0.717, 1.165) is 53.8 Å². The molecule has 2 aromatic carbocycles. The Morgan fingerprint density at radius 1 is 1.19 bits per heavy atom. The highest BCUT2D eigenvalue weighted by molar-refractivity contribution is 5.97. The molecule has 4 aromatic rings. The second-order valence-electron chi connectivity index (χ2n) is 9.40. The van der Waals surface area contributed by atoms with Crippen molar-refractivity contribution in [3.05, 3.63) is 54.4 Å². The molecule has 0 radical (unpaired) electrons. The van der Waals surface area contributed by atoms with Gasteiger partial charge < -0.3 is 35.7 Å². The van der Waals surface area contributed by atoms with E-state index in [9.17, 15) is 5.11 Å². The molecule has 36 heavy (non-hydrogen) atoms. The summed E-state index contributed by atoms with van der Waals surface area (Å²) in [5, 5.41) is 18.1. The number of likely N-dealkylation sites (N-methyl/N-ethyl adjacent to an activating group) is 1. The lowest BCUT2D eigenvalue weighted by molar-refractivity contribution is 0.133. The zero-order valence-corrected chi connectivity index (χ0v) is 21.0. The third-order valence-electron chi connectivity index (χ3n) is 6.59. The molecule has 1 aliphatic heterocycles. The third kappa shape index (κ3) is 4.67. The lowest BCUT2D eigenvalue weighted by atomic mass is 10.0. The number of fused-ring (bicyclic) bond motifs is 3. The van der Waals surface area contributed by atoms with Crippen molar-refractivity contribution in [1.82, 2.24) is 19.4 Å². The standard InChI is InChI=1S/C27H33N7O2/c1-33(2)13-12-29-21-15-25(36-3)22(14-19(21)28)32-27-30-11-10-20(31-27)26-18-6-4-5-7-23(18)34-16-17(35)8-9-24(26)34/h4-7,10-11,14-15,17,29,35H,8-9,12-13,16,28H2,1-3H3,(H,30,31,32). The first-order chi connectivity index (χ1) is 17.4. The van der Waals surface area contributed by atoms with Crippen molar-refractivity contribution in [1.29, 1.82) is 0 Å². The molecule has 5 N–H and O–H groups in total. The van der Waals surface area contributed by atoms with E-state index in [4.69, 9.17) is 15.5 Å². The molecular formula is C27H33N7O2. The number of para-hydroxylation sites is 1. The van der Waals surface area contributed by atoms with Gasteiger partial charge in [-0.2, -0.15) is 0 Å². The molecule has 2 aromatic heterocycles. The number of benzene rings is 2. The normalized spacial score (nSPS) is 15.2. The fraction of sp³-hybridized carbons (Fsp3) is 0.333. The topological polar surface area (TPSA) is 113 Å². The van der Waals surface area contributed by atoms with Gasteiger partial charge in [0, 0.05) is 54.1 Å². The first-order valence-electron chi connectivity index (χ1n) is 12.2. The fourth-order valence-electron chi connectivity index (χ4n) is 4.82. The van der Waals surface area contributed by atoms with E-state index in [1.54, 1.807) is 13.3 Å². The van der Waals surface area contributed by atoms with Gasteiger partial charge in [-0.3, -0.25) is 0 Å². The molecule has 3 heterocycles. The molecule has 0 bridgehead atoms. The van der Waals surface area contributed by atoms with Crippen LogP contribution in [0.5, 0.6) is 5.75 Å². The van der Waals surface area contributed by atoms with Gasteiger partial charge in [0.2, 0.25) is 5.95 Å². The maximum atomic E-state index is 10.3. The van der Waals surface area contributed by atoms with E-state index >= 15 is 0 Å². The molecule has 0 aliphatic carbocycles. The number of anilines is 4. The van der Waals surface area contributed by atoms with Crippen molar-refractivity contribution in [2.75, 3.05) is 50.7 Å². The quantitative estimate of drug-likeness (QED) is 0.278. The van der Waals surface area contributed by atoms with Gasteiger partial charge in [0.1, 0.15) is 5.75 Å². The number of nitrogens with two attached hydrogens (primary N) is 1. The number of ether oxygens (including phenoxy) is 1. The minimum absolute atomic E-state index is 0.331. The van der Waals surface area contributed by atoms with Crippen molar-refractivity contribution < 1.29 is 9.84 Å². The number of aromatic nitrogens is 3. The second-order valence-corrected chi connectivity index (χ2v) is 9.40. The van der Waals surface area contributed by atoms with E-state index in [2.05, 4.69) is 37.2 Å². The number of hydrogen-bond acceptors (Lipinski definition) is 8. The first-order valence-corrected chi connectivity index (χ1v) is 12.2. The minimum atomic E-state index is -0.331. The summed E-state index contributed by atoms with van der Waals surface area (Å²) in [6.45, 7) is 2.25. The summed E-state index contributed by atoms with van der Waals surface area (Å²) in [4.78, 5) is 11.4. The van der Waals surface area contributed by atoms with Crippen molar-refractivity contribution in [2.24, 2.45) is 0 Å². The number of nitrogens with one attached hydrogen (secondary N) is 2. The van der Waals surface area contributed by atoms with Gasteiger partial charge in [-0.25, -0.2) is 9.97 Å². The van der Waals surface area contributed by atoms with E-state index in [-0.39, 0.29) is 6.10 Å². The van der Waals surface area contributed by atoms with E-state index in [1.807, 2.05) is 44.4 Å². The smallest absolute Gasteiger partial charge is 0.227 e. The minimum Gasteiger partial charge on any atom is -0.494 e. The number of aliphatic hydroxyl groups is 1. The Balaban J connectivity index is 1.47. The molecular weight excluding hydrogens is 454 g/mol. The number of nitrogens with zero attached hydrogens (tertiary/aromatic N) is 4. The SMILES string of the molecule is COc1cc(NCCN(C)C)c(N)cc1Nc1nccc(-c2c3n(c4ccccc24)CC(O)CC3)n1. The summed E-state index contributed by atoms with van der Waals surface area (Å²) in [7, 11) is 5.69. The molecule has 1 aliphatic rings. The summed E-state index contributed by atoms with van der Waals surface area (Å²) < 4.78 is 7.86. The Labute approximate surface area is 210 Å². The second kappa shape index (κ2) is 10.0. The predicted octanol–water partition coefficient (Wildman–Crippen LogP) is 3.71. The Bertz CT molecular complexity index is 1380. The third-order valence-corrected chi connectivity index (χ3v) is 6.59. The summed E-state index contributed by atoms with van der Waals surface area (Å²) in [5.74, 6) is 1.10. The summed E-state index contributed by atoms with van der Waals surface area (Å²) in [6.07, 6.45) is 2.96. The zero-order chi connectivity index (χ0) is 25.2. The van der Waals surface area contributed by atoms with Crippen LogP contribution in [0.4, 0.5) is 23.0 Å². The van der Waals surface area contributed by atoms with Gasteiger partial charge in [-0.15, -0.1) is 0 Å². The van der Waals surface area contributed by atoms with Crippen molar-refractivity contribution >= 4 is 33.9 Å². The molecule has 0 saturated carbocycles. The average molecular weight is 488 g/mol. The van der Waals surface area contributed by atoms with E-state index < -0.39 is 0 Å². The van der Waals surface area contributed by atoms with Crippen LogP contribution >= 0.6 is 0 Å².